The molecule has 0 radical (unpaired) electrons. The largest absolute Gasteiger partial charge is 0.462 e. The minimum atomic E-state index is -0.580. The molecule has 3 aromatic carbocycles. The van der Waals surface area contributed by atoms with Gasteiger partial charge in [-0.15, -0.1) is 0 Å². The van der Waals surface area contributed by atoms with Crippen LogP contribution in [0.4, 0.5) is 11.4 Å². The van der Waals surface area contributed by atoms with Crippen LogP contribution < -0.4 is 15.4 Å². The van der Waals surface area contributed by atoms with Gasteiger partial charge in [-0.3, -0.25) is 14.4 Å². The number of esters is 2. The maximum Gasteiger partial charge on any atom is 0.338 e. The molecule has 0 saturated heterocycles. The number of hydrogen-bond acceptors (Lipinski definition) is 7. The third-order valence-corrected chi connectivity index (χ3v) is 5.95. The van der Waals surface area contributed by atoms with Gasteiger partial charge in [-0.05, 0) is 98.0 Å². The second kappa shape index (κ2) is 15.2. The Balaban J connectivity index is 1.31. The van der Waals surface area contributed by atoms with Gasteiger partial charge in [-0.1, -0.05) is 19.9 Å². The van der Waals surface area contributed by atoms with Crippen molar-refractivity contribution in [2.45, 2.75) is 47.0 Å². The molecule has 0 atom stereocenters. The SMILES string of the molecule is Cc1ccc(Oc2ccc(NC(=O)CCCC(=O)OCC(=O)Nc3ccc(C(=O)OCC(C)C)cc3)cc2)cc1C. The minimum Gasteiger partial charge on any atom is -0.462 e. The maximum absolute atomic E-state index is 12.3. The molecule has 9 heteroatoms. The molecule has 2 N–H and O–H groups in total. The minimum absolute atomic E-state index is 0.00334. The molecule has 0 spiro atoms. The molecule has 0 aromatic heterocycles. The number of ether oxygens (including phenoxy) is 3. The third-order valence-electron chi connectivity index (χ3n) is 5.95. The van der Waals surface area contributed by atoms with Gasteiger partial charge >= 0.3 is 11.9 Å². The van der Waals surface area contributed by atoms with Crippen molar-refractivity contribution in [3.63, 3.8) is 0 Å². The fourth-order valence-corrected chi connectivity index (χ4v) is 3.57. The first-order valence-electron chi connectivity index (χ1n) is 13.5. The van der Waals surface area contributed by atoms with Crippen LogP contribution in [0.2, 0.25) is 0 Å². The van der Waals surface area contributed by atoms with Crippen molar-refractivity contribution < 1.29 is 33.4 Å². The number of rotatable bonds is 13. The van der Waals surface area contributed by atoms with Crippen LogP contribution >= 0.6 is 0 Å². The van der Waals surface area contributed by atoms with Gasteiger partial charge in [0.15, 0.2) is 6.61 Å². The number of nitrogens with one attached hydrogen (secondary N) is 2. The van der Waals surface area contributed by atoms with Gasteiger partial charge in [0.2, 0.25) is 5.91 Å². The van der Waals surface area contributed by atoms with E-state index in [0.717, 1.165) is 11.3 Å². The number of carbonyl (C=O) groups is 4. The lowest BCUT2D eigenvalue weighted by atomic mass is 10.1. The predicted molar refractivity (Wildman–Crippen MR) is 156 cm³/mol. The Morgan fingerprint density at radius 2 is 1.32 bits per heavy atom. The Morgan fingerprint density at radius 1 is 0.707 bits per heavy atom. The van der Waals surface area contributed by atoms with Gasteiger partial charge in [-0.25, -0.2) is 4.79 Å². The van der Waals surface area contributed by atoms with E-state index in [0.29, 0.717) is 29.3 Å². The highest BCUT2D eigenvalue weighted by molar-refractivity contribution is 5.94. The Bertz CT molecular complexity index is 1350. The Morgan fingerprint density at radius 3 is 1.95 bits per heavy atom. The van der Waals surface area contributed by atoms with Crippen LogP contribution in [0.25, 0.3) is 0 Å². The van der Waals surface area contributed by atoms with Crippen LogP contribution in [0.15, 0.2) is 66.7 Å². The van der Waals surface area contributed by atoms with Crippen molar-refractivity contribution in [3.05, 3.63) is 83.4 Å². The first-order valence-corrected chi connectivity index (χ1v) is 13.5. The van der Waals surface area contributed by atoms with E-state index in [-0.39, 0.29) is 31.1 Å². The van der Waals surface area contributed by atoms with E-state index in [1.807, 2.05) is 45.9 Å². The van der Waals surface area contributed by atoms with E-state index in [1.54, 1.807) is 48.5 Å². The fourth-order valence-electron chi connectivity index (χ4n) is 3.57. The van der Waals surface area contributed by atoms with Gasteiger partial charge < -0.3 is 24.8 Å². The molecule has 0 bridgehead atoms. The summed E-state index contributed by atoms with van der Waals surface area (Å²) < 4.78 is 16.0. The zero-order chi connectivity index (χ0) is 29.8. The van der Waals surface area contributed by atoms with Crippen molar-refractivity contribution in [2.24, 2.45) is 5.92 Å². The molecule has 3 aromatic rings. The first-order chi connectivity index (χ1) is 19.6. The summed E-state index contributed by atoms with van der Waals surface area (Å²) in [6.07, 6.45) is 0.388. The third kappa shape index (κ3) is 10.8. The van der Waals surface area contributed by atoms with Gasteiger partial charge in [0.25, 0.3) is 5.91 Å². The standard InChI is InChI=1S/C32H36N2O7/c1-21(2)19-40-32(38)24-9-11-25(12-10-24)34-30(36)20-39-31(37)7-5-6-29(35)33-26-13-16-27(17-14-26)41-28-15-8-22(3)23(4)18-28/h8-18,21H,5-7,19-20H2,1-4H3,(H,33,35)(H,34,36). The number of hydrogen-bond donors (Lipinski definition) is 2. The molecule has 0 aliphatic carbocycles. The van der Waals surface area contributed by atoms with E-state index in [4.69, 9.17) is 14.2 Å². The highest BCUT2D eigenvalue weighted by Crippen LogP contribution is 2.25. The molecule has 0 fully saturated rings. The van der Waals surface area contributed by atoms with Gasteiger partial charge in [0.1, 0.15) is 11.5 Å². The van der Waals surface area contributed by atoms with Crippen LogP contribution in [0.1, 0.15) is 54.6 Å². The van der Waals surface area contributed by atoms with Crippen molar-refractivity contribution in [3.8, 4) is 11.5 Å². The summed E-state index contributed by atoms with van der Waals surface area (Å²) in [5.41, 5.74) is 3.77. The molecule has 216 valence electrons. The summed E-state index contributed by atoms with van der Waals surface area (Å²) in [4.78, 5) is 48.3. The van der Waals surface area contributed by atoms with Crippen LogP contribution in [-0.2, 0) is 23.9 Å². The molecule has 0 aliphatic rings. The summed E-state index contributed by atoms with van der Waals surface area (Å²) in [5.74, 6) is -0.150. The zero-order valence-electron chi connectivity index (χ0n) is 23.8. The van der Waals surface area contributed by atoms with Gasteiger partial charge in [0.05, 0.1) is 12.2 Å². The molecule has 9 nitrogen and oxygen atoms in total. The quantitative estimate of drug-likeness (QED) is 0.239. The van der Waals surface area contributed by atoms with E-state index in [2.05, 4.69) is 10.6 Å². The summed E-state index contributed by atoms with van der Waals surface area (Å²) in [6, 6.07) is 19.1. The first kappa shape index (κ1) is 30.9. The molecular formula is C32H36N2O7. The second-order valence-electron chi connectivity index (χ2n) is 10.1. The number of carbonyl (C=O) groups excluding carboxylic acids is 4. The average Bonchev–Trinajstić information content (AvgIpc) is 2.94. The highest BCUT2D eigenvalue weighted by atomic mass is 16.5. The van der Waals surface area contributed by atoms with E-state index in [1.165, 1.54) is 5.56 Å². The maximum atomic E-state index is 12.3. The van der Waals surface area contributed by atoms with E-state index < -0.39 is 24.5 Å². The number of anilines is 2. The summed E-state index contributed by atoms with van der Waals surface area (Å²) in [7, 11) is 0. The molecule has 0 unspecified atom stereocenters. The lowest BCUT2D eigenvalue weighted by molar-refractivity contribution is -0.147. The molecule has 0 saturated carbocycles. The number of aryl methyl sites for hydroxylation is 2. The number of benzene rings is 3. The molecular weight excluding hydrogens is 524 g/mol. The number of amides is 2. The van der Waals surface area contributed by atoms with E-state index >= 15 is 0 Å². The molecule has 41 heavy (non-hydrogen) atoms. The molecule has 3 rings (SSSR count). The van der Waals surface area contributed by atoms with Crippen molar-refractivity contribution in [1.82, 2.24) is 0 Å². The second-order valence-corrected chi connectivity index (χ2v) is 10.1. The van der Waals surface area contributed by atoms with E-state index in [9.17, 15) is 19.2 Å². The summed E-state index contributed by atoms with van der Waals surface area (Å²) >= 11 is 0. The lowest BCUT2D eigenvalue weighted by Crippen LogP contribution is -2.21. The van der Waals surface area contributed by atoms with Crippen LogP contribution in [0.5, 0.6) is 11.5 Å². The summed E-state index contributed by atoms with van der Waals surface area (Å²) in [6.45, 7) is 7.82. The Kier molecular flexibility index (Phi) is 11.5. The van der Waals surface area contributed by atoms with Crippen LogP contribution in [0.3, 0.4) is 0 Å². The van der Waals surface area contributed by atoms with Crippen LogP contribution in [-0.4, -0.2) is 37.0 Å². The topological polar surface area (TPSA) is 120 Å². The average molecular weight is 561 g/mol. The van der Waals surface area contributed by atoms with Gasteiger partial charge in [-0.2, -0.15) is 0 Å². The summed E-state index contributed by atoms with van der Waals surface area (Å²) in [5, 5.41) is 5.38. The smallest absolute Gasteiger partial charge is 0.338 e. The van der Waals surface area contributed by atoms with Crippen molar-refractivity contribution in [1.29, 1.82) is 0 Å². The van der Waals surface area contributed by atoms with Crippen molar-refractivity contribution in [2.75, 3.05) is 23.8 Å². The van der Waals surface area contributed by atoms with Gasteiger partial charge in [0, 0.05) is 24.2 Å². The lowest BCUT2D eigenvalue weighted by Gasteiger charge is -2.10. The molecule has 0 heterocycles. The fraction of sp³-hybridized carbons (Fsp3) is 0.312. The Labute approximate surface area is 240 Å². The molecule has 0 aliphatic heterocycles. The normalized spacial score (nSPS) is 10.6. The zero-order valence-corrected chi connectivity index (χ0v) is 23.8. The Hall–Kier alpha value is -4.66. The highest BCUT2D eigenvalue weighted by Gasteiger charge is 2.12. The monoisotopic (exact) mass is 560 g/mol. The molecule has 2 amide bonds. The predicted octanol–water partition coefficient (Wildman–Crippen LogP) is 6.20. The van der Waals surface area contributed by atoms with Crippen molar-refractivity contribution >= 4 is 35.1 Å². The van der Waals surface area contributed by atoms with Crippen LogP contribution in [0, 0.1) is 19.8 Å².